The van der Waals surface area contributed by atoms with Gasteiger partial charge in [0.25, 0.3) is 0 Å². The Bertz CT molecular complexity index is 820. The second-order valence-corrected chi connectivity index (χ2v) is 11.8. The minimum atomic E-state index is -3.35. The molecule has 4 aliphatic carbocycles. The van der Waals surface area contributed by atoms with E-state index in [0.717, 1.165) is 25.5 Å². The average Bonchev–Trinajstić information content (AvgIpc) is 2.91. The summed E-state index contributed by atoms with van der Waals surface area (Å²) in [5.41, 5.74) is -1.47. The standard InChI is InChI=1S/C18H24FNO4S2/c1-26(23,24)9-14(21)13-2-3-25-15(13)20-16(22)17-5-11-4-12(6-17)8-18(19,7-11)10-17/h2-3,11-12,14,21H,4-10H2,1H3,(H,20,22). The van der Waals surface area contributed by atoms with Gasteiger partial charge in [-0.15, -0.1) is 11.3 Å². The fourth-order valence-electron chi connectivity index (χ4n) is 5.71. The number of amides is 1. The van der Waals surface area contributed by atoms with Gasteiger partial charge >= 0.3 is 0 Å². The predicted octanol–water partition coefficient (Wildman–Crippen LogP) is 3.07. The van der Waals surface area contributed by atoms with Crippen molar-refractivity contribution in [1.29, 1.82) is 0 Å². The van der Waals surface area contributed by atoms with Gasteiger partial charge in [0, 0.05) is 11.8 Å². The number of carbonyl (C=O) groups excluding carboxylic acids is 1. The monoisotopic (exact) mass is 401 g/mol. The lowest BCUT2D eigenvalue weighted by atomic mass is 9.48. The number of alkyl halides is 1. The summed E-state index contributed by atoms with van der Waals surface area (Å²) in [6.07, 6.45) is 3.81. The Morgan fingerprint density at radius 2 is 2.04 bits per heavy atom. The lowest BCUT2D eigenvalue weighted by Crippen LogP contribution is -2.57. The summed E-state index contributed by atoms with van der Waals surface area (Å²) >= 11 is 1.25. The van der Waals surface area contributed by atoms with Crippen molar-refractivity contribution in [1.82, 2.24) is 0 Å². The van der Waals surface area contributed by atoms with E-state index in [1.54, 1.807) is 11.4 Å². The molecule has 3 unspecified atom stereocenters. The van der Waals surface area contributed by atoms with Crippen molar-refractivity contribution >= 4 is 32.1 Å². The van der Waals surface area contributed by atoms with Crippen LogP contribution >= 0.6 is 11.3 Å². The molecule has 4 fully saturated rings. The van der Waals surface area contributed by atoms with E-state index < -0.39 is 32.8 Å². The molecule has 1 heterocycles. The van der Waals surface area contributed by atoms with Gasteiger partial charge in [-0.1, -0.05) is 0 Å². The molecule has 144 valence electrons. The van der Waals surface area contributed by atoms with Gasteiger partial charge in [-0.2, -0.15) is 0 Å². The molecule has 3 atom stereocenters. The van der Waals surface area contributed by atoms with Crippen LogP contribution in [0, 0.1) is 17.3 Å². The van der Waals surface area contributed by atoms with Crippen molar-refractivity contribution in [2.24, 2.45) is 17.3 Å². The molecule has 0 aromatic carbocycles. The molecular weight excluding hydrogens is 377 g/mol. The van der Waals surface area contributed by atoms with Crippen molar-refractivity contribution in [2.75, 3.05) is 17.3 Å². The zero-order chi connectivity index (χ0) is 18.7. The van der Waals surface area contributed by atoms with Crippen LogP contribution in [-0.2, 0) is 14.6 Å². The van der Waals surface area contributed by atoms with E-state index >= 15 is 4.39 Å². The summed E-state index contributed by atoms with van der Waals surface area (Å²) in [6, 6.07) is 1.63. The highest BCUT2D eigenvalue weighted by Crippen LogP contribution is 2.63. The number of aliphatic hydroxyl groups is 1. The van der Waals surface area contributed by atoms with E-state index in [1.165, 1.54) is 11.3 Å². The smallest absolute Gasteiger partial charge is 0.231 e. The van der Waals surface area contributed by atoms with Crippen LogP contribution in [0.15, 0.2) is 11.4 Å². The van der Waals surface area contributed by atoms with Crippen LogP contribution in [-0.4, -0.2) is 37.1 Å². The SMILES string of the molecule is CS(=O)(=O)CC(O)c1ccsc1NC(=O)C12CC3CC(CC(F)(C3)C1)C2. The van der Waals surface area contributed by atoms with Crippen LogP contribution in [0.2, 0.25) is 0 Å². The van der Waals surface area contributed by atoms with E-state index in [-0.39, 0.29) is 24.2 Å². The highest BCUT2D eigenvalue weighted by molar-refractivity contribution is 7.90. The zero-order valence-electron chi connectivity index (χ0n) is 14.7. The second-order valence-electron chi connectivity index (χ2n) is 8.66. The van der Waals surface area contributed by atoms with Gasteiger partial charge in [0.1, 0.15) is 20.5 Å². The summed E-state index contributed by atoms with van der Waals surface area (Å²) < 4.78 is 38.0. The number of halogens is 1. The largest absolute Gasteiger partial charge is 0.387 e. The lowest BCUT2D eigenvalue weighted by Gasteiger charge is -2.58. The maximum Gasteiger partial charge on any atom is 0.231 e. The summed E-state index contributed by atoms with van der Waals surface area (Å²) in [5.74, 6) is -0.00435. The number of thiophene rings is 1. The van der Waals surface area contributed by atoms with Gasteiger partial charge in [0.05, 0.1) is 17.3 Å². The maximum atomic E-state index is 15.1. The number of anilines is 1. The van der Waals surface area contributed by atoms with Crippen molar-refractivity contribution < 1.29 is 22.7 Å². The van der Waals surface area contributed by atoms with Crippen LogP contribution in [0.4, 0.5) is 9.39 Å². The normalized spacial score (nSPS) is 36.9. The number of carbonyl (C=O) groups is 1. The molecule has 0 saturated heterocycles. The van der Waals surface area contributed by atoms with Gasteiger partial charge in [-0.3, -0.25) is 4.79 Å². The molecule has 1 aromatic rings. The summed E-state index contributed by atoms with van der Waals surface area (Å²) in [5, 5.41) is 15.3. The average molecular weight is 402 g/mol. The van der Waals surface area contributed by atoms with Crippen LogP contribution in [0.1, 0.15) is 50.2 Å². The Hall–Kier alpha value is -0.990. The van der Waals surface area contributed by atoms with Crippen molar-refractivity contribution in [3.05, 3.63) is 17.0 Å². The Morgan fingerprint density at radius 1 is 1.38 bits per heavy atom. The number of rotatable bonds is 5. The molecule has 0 radical (unpaired) electrons. The van der Waals surface area contributed by atoms with Gasteiger partial charge < -0.3 is 10.4 Å². The van der Waals surface area contributed by atoms with Gasteiger partial charge in [0.2, 0.25) is 5.91 Å². The highest BCUT2D eigenvalue weighted by Gasteiger charge is 2.61. The minimum Gasteiger partial charge on any atom is -0.387 e. The first kappa shape index (κ1) is 18.4. The molecule has 8 heteroatoms. The Balaban J connectivity index is 1.54. The highest BCUT2D eigenvalue weighted by atomic mass is 32.2. The van der Waals surface area contributed by atoms with E-state index in [4.69, 9.17) is 0 Å². The summed E-state index contributed by atoms with van der Waals surface area (Å²) in [7, 11) is -3.35. The molecule has 1 aromatic heterocycles. The number of nitrogens with one attached hydrogen (secondary N) is 1. The Kier molecular flexibility index (Phi) is 4.24. The first-order valence-corrected chi connectivity index (χ1v) is 12.0. The molecule has 0 spiro atoms. The molecular formula is C18H24FNO4S2. The van der Waals surface area contributed by atoms with Crippen molar-refractivity contribution in [2.45, 2.75) is 50.3 Å². The molecule has 0 aliphatic heterocycles. The molecule has 4 bridgehead atoms. The zero-order valence-corrected chi connectivity index (χ0v) is 16.3. The third-order valence-electron chi connectivity index (χ3n) is 6.21. The van der Waals surface area contributed by atoms with E-state index in [2.05, 4.69) is 5.32 Å². The van der Waals surface area contributed by atoms with Crippen LogP contribution in [0.3, 0.4) is 0 Å². The number of hydrogen-bond donors (Lipinski definition) is 2. The van der Waals surface area contributed by atoms with Crippen LogP contribution in [0.25, 0.3) is 0 Å². The van der Waals surface area contributed by atoms with Gasteiger partial charge in [-0.05, 0) is 61.8 Å². The topological polar surface area (TPSA) is 83.5 Å². The van der Waals surface area contributed by atoms with Crippen molar-refractivity contribution in [3.8, 4) is 0 Å². The predicted molar refractivity (Wildman–Crippen MR) is 98.6 cm³/mol. The molecule has 5 rings (SSSR count). The molecule has 4 aliphatic rings. The van der Waals surface area contributed by atoms with Gasteiger partial charge in [0.15, 0.2) is 0 Å². The minimum absolute atomic E-state index is 0.177. The van der Waals surface area contributed by atoms with Gasteiger partial charge in [-0.25, -0.2) is 12.8 Å². The fraction of sp³-hybridized carbons (Fsp3) is 0.722. The molecule has 5 nitrogen and oxygen atoms in total. The molecule has 4 saturated carbocycles. The number of aliphatic hydroxyl groups excluding tert-OH is 1. The summed E-state index contributed by atoms with van der Waals surface area (Å²) in [6.45, 7) is 0. The Morgan fingerprint density at radius 3 is 2.62 bits per heavy atom. The Labute approximate surface area is 156 Å². The maximum absolute atomic E-state index is 15.1. The number of sulfone groups is 1. The lowest BCUT2D eigenvalue weighted by molar-refractivity contribution is -0.155. The fourth-order valence-corrected chi connectivity index (χ4v) is 7.31. The molecule has 26 heavy (non-hydrogen) atoms. The third kappa shape index (κ3) is 3.31. The van der Waals surface area contributed by atoms with E-state index in [1.807, 2.05) is 0 Å². The third-order valence-corrected chi connectivity index (χ3v) is 7.98. The van der Waals surface area contributed by atoms with E-state index in [9.17, 15) is 18.3 Å². The summed E-state index contributed by atoms with van der Waals surface area (Å²) in [4.78, 5) is 13.1. The number of hydrogen-bond acceptors (Lipinski definition) is 5. The second kappa shape index (κ2) is 6.01. The first-order valence-electron chi connectivity index (χ1n) is 9.01. The van der Waals surface area contributed by atoms with E-state index in [0.29, 0.717) is 23.4 Å². The molecule has 1 amide bonds. The van der Waals surface area contributed by atoms with Crippen LogP contribution < -0.4 is 5.32 Å². The van der Waals surface area contributed by atoms with Crippen molar-refractivity contribution in [3.63, 3.8) is 0 Å². The quantitative estimate of drug-likeness (QED) is 0.794. The van der Waals surface area contributed by atoms with Crippen LogP contribution in [0.5, 0.6) is 0 Å². The molecule has 2 N–H and O–H groups in total. The first-order chi connectivity index (χ1) is 12.1.